The molecule has 0 aromatic rings. The highest BCUT2D eigenvalue weighted by Crippen LogP contribution is 2.24. The summed E-state index contributed by atoms with van der Waals surface area (Å²) in [6.45, 7) is 12.8. The van der Waals surface area contributed by atoms with E-state index in [2.05, 4.69) is 39.9 Å². The van der Waals surface area contributed by atoms with Crippen LogP contribution < -0.4 is 5.32 Å². The van der Waals surface area contributed by atoms with Crippen LogP contribution in [-0.2, 0) is 9.53 Å². The Morgan fingerprint density at radius 2 is 1.94 bits per heavy atom. The zero-order chi connectivity index (χ0) is 12.6. The number of ether oxygens (including phenoxy) is 1. The Balaban J connectivity index is 3.65. The first kappa shape index (κ1) is 15.4. The molecular weight excluding hydrogens is 202 g/mol. The first-order chi connectivity index (χ1) is 7.40. The Kier molecular flexibility index (Phi) is 7.39. The summed E-state index contributed by atoms with van der Waals surface area (Å²) in [7, 11) is 0. The highest BCUT2D eigenvalue weighted by Gasteiger charge is 2.22. The molecule has 0 rings (SSSR count). The molecule has 1 amide bonds. The summed E-state index contributed by atoms with van der Waals surface area (Å²) in [5.41, 5.74) is 0.153. The van der Waals surface area contributed by atoms with Gasteiger partial charge in [-0.25, -0.2) is 0 Å². The third-order valence-electron chi connectivity index (χ3n) is 3.13. The van der Waals surface area contributed by atoms with Gasteiger partial charge in [-0.15, -0.1) is 0 Å². The van der Waals surface area contributed by atoms with Crippen molar-refractivity contribution in [3.63, 3.8) is 0 Å². The zero-order valence-electron chi connectivity index (χ0n) is 11.4. The largest absolute Gasteiger partial charge is 0.381 e. The van der Waals surface area contributed by atoms with Gasteiger partial charge in [0, 0.05) is 19.6 Å². The number of nitrogens with one attached hydrogen (secondary N) is 1. The van der Waals surface area contributed by atoms with Gasteiger partial charge in [0.15, 0.2) is 0 Å². The van der Waals surface area contributed by atoms with Crippen LogP contribution in [0.1, 0.15) is 47.5 Å². The van der Waals surface area contributed by atoms with Crippen LogP contribution in [0.5, 0.6) is 0 Å². The van der Waals surface area contributed by atoms with Gasteiger partial charge in [-0.1, -0.05) is 34.6 Å². The van der Waals surface area contributed by atoms with Crippen LogP contribution in [0.4, 0.5) is 0 Å². The highest BCUT2D eigenvalue weighted by molar-refractivity contribution is 5.75. The minimum atomic E-state index is 0.0878. The zero-order valence-corrected chi connectivity index (χ0v) is 11.4. The van der Waals surface area contributed by atoms with E-state index in [4.69, 9.17) is 4.74 Å². The third kappa shape index (κ3) is 6.83. The summed E-state index contributed by atoms with van der Waals surface area (Å²) in [5, 5.41) is 2.96. The molecule has 0 aliphatic carbocycles. The summed E-state index contributed by atoms with van der Waals surface area (Å²) in [6.07, 6.45) is 1.47. The first-order valence-electron chi connectivity index (χ1n) is 6.24. The maximum atomic E-state index is 11.5. The van der Waals surface area contributed by atoms with Crippen LogP contribution in [0.25, 0.3) is 0 Å². The van der Waals surface area contributed by atoms with Crippen LogP contribution in [0.2, 0.25) is 0 Å². The molecule has 1 N–H and O–H groups in total. The van der Waals surface area contributed by atoms with E-state index in [0.29, 0.717) is 18.9 Å². The minimum Gasteiger partial charge on any atom is -0.381 e. The van der Waals surface area contributed by atoms with Gasteiger partial charge in [0.2, 0.25) is 5.91 Å². The molecule has 0 unspecified atom stereocenters. The fourth-order valence-corrected chi connectivity index (χ4v) is 1.03. The van der Waals surface area contributed by atoms with Crippen molar-refractivity contribution in [2.75, 3.05) is 19.8 Å². The van der Waals surface area contributed by atoms with Crippen molar-refractivity contribution >= 4 is 5.91 Å². The molecule has 0 heterocycles. The molecule has 0 aromatic heterocycles. The third-order valence-corrected chi connectivity index (χ3v) is 3.13. The summed E-state index contributed by atoms with van der Waals surface area (Å²) in [5.74, 6) is 0.647. The van der Waals surface area contributed by atoms with Crippen molar-refractivity contribution in [1.29, 1.82) is 0 Å². The molecule has 3 nitrogen and oxygen atoms in total. The van der Waals surface area contributed by atoms with E-state index in [1.807, 2.05) is 0 Å². The van der Waals surface area contributed by atoms with Gasteiger partial charge in [0.05, 0.1) is 6.61 Å². The molecule has 16 heavy (non-hydrogen) atoms. The van der Waals surface area contributed by atoms with Crippen molar-refractivity contribution in [3.05, 3.63) is 0 Å². The second-order valence-corrected chi connectivity index (χ2v) is 5.28. The SMILES string of the molecule is CCCOCCC(=O)NCC(C)(C)C(C)C. The summed E-state index contributed by atoms with van der Waals surface area (Å²) < 4.78 is 5.27. The van der Waals surface area contributed by atoms with Gasteiger partial charge in [0.1, 0.15) is 0 Å². The van der Waals surface area contributed by atoms with Crippen LogP contribution in [0.3, 0.4) is 0 Å². The molecule has 0 spiro atoms. The lowest BCUT2D eigenvalue weighted by Gasteiger charge is -2.29. The number of carbonyl (C=O) groups is 1. The fourth-order valence-electron chi connectivity index (χ4n) is 1.03. The molecular formula is C13H27NO2. The van der Waals surface area contributed by atoms with Gasteiger partial charge >= 0.3 is 0 Å². The van der Waals surface area contributed by atoms with E-state index >= 15 is 0 Å². The van der Waals surface area contributed by atoms with Crippen LogP contribution in [0, 0.1) is 11.3 Å². The van der Waals surface area contributed by atoms with Gasteiger partial charge in [-0.3, -0.25) is 4.79 Å². The highest BCUT2D eigenvalue weighted by atomic mass is 16.5. The Morgan fingerprint density at radius 1 is 1.31 bits per heavy atom. The van der Waals surface area contributed by atoms with E-state index < -0.39 is 0 Å². The molecule has 0 fully saturated rings. The summed E-state index contributed by atoms with van der Waals surface area (Å²) >= 11 is 0. The quantitative estimate of drug-likeness (QED) is 0.650. The average Bonchev–Trinajstić information content (AvgIpc) is 2.21. The summed E-state index contributed by atoms with van der Waals surface area (Å²) in [4.78, 5) is 11.5. The Bertz CT molecular complexity index is 200. The molecule has 0 aromatic carbocycles. The minimum absolute atomic E-state index is 0.0878. The van der Waals surface area contributed by atoms with Crippen molar-refractivity contribution in [1.82, 2.24) is 5.32 Å². The lowest BCUT2D eigenvalue weighted by molar-refractivity contribution is -0.122. The standard InChI is InChI=1S/C13H27NO2/c1-6-8-16-9-7-12(15)14-10-13(4,5)11(2)3/h11H,6-10H2,1-5H3,(H,14,15). The maximum absolute atomic E-state index is 11.5. The molecule has 0 saturated carbocycles. The fraction of sp³-hybridized carbons (Fsp3) is 0.923. The molecule has 0 bridgehead atoms. The first-order valence-corrected chi connectivity index (χ1v) is 6.24. The van der Waals surface area contributed by atoms with E-state index in [0.717, 1.165) is 19.6 Å². The molecule has 0 atom stereocenters. The lowest BCUT2D eigenvalue weighted by Crippen LogP contribution is -2.37. The van der Waals surface area contributed by atoms with Crippen LogP contribution in [-0.4, -0.2) is 25.7 Å². The summed E-state index contributed by atoms with van der Waals surface area (Å²) in [6, 6.07) is 0. The van der Waals surface area contributed by atoms with Gasteiger partial charge < -0.3 is 10.1 Å². The van der Waals surface area contributed by atoms with E-state index in [1.54, 1.807) is 0 Å². The molecule has 96 valence electrons. The number of hydrogen-bond donors (Lipinski definition) is 1. The molecule has 0 aliphatic heterocycles. The smallest absolute Gasteiger partial charge is 0.222 e. The van der Waals surface area contributed by atoms with Crippen molar-refractivity contribution in [3.8, 4) is 0 Å². The molecule has 0 aliphatic rings. The molecule has 0 radical (unpaired) electrons. The second-order valence-electron chi connectivity index (χ2n) is 5.28. The number of carbonyl (C=O) groups excluding carboxylic acids is 1. The normalized spacial score (nSPS) is 11.9. The number of amides is 1. The maximum Gasteiger partial charge on any atom is 0.222 e. The second kappa shape index (κ2) is 7.66. The molecule has 0 saturated heterocycles. The average molecular weight is 229 g/mol. The van der Waals surface area contributed by atoms with E-state index in [-0.39, 0.29) is 11.3 Å². The predicted molar refractivity (Wildman–Crippen MR) is 67.4 cm³/mol. The lowest BCUT2D eigenvalue weighted by atomic mass is 9.81. The topological polar surface area (TPSA) is 38.3 Å². The van der Waals surface area contributed by atoms with Crippen molar-refractivity contribution in [2.45, 2.75) is 47.5 Å². The Hall–Kier alpha value is -0.570. The van der Waals surface area contributed by atoms with E-state index in [9.17, 15) is 4.79 Å². The van der Waals surface area contributed by atoms with Crippen LogP contribution >= 0.6 is 0 Å². The van der Waals surface area contributed by atoms with Crippen molar-refractivity contribution in [2.24, 2.45) is 11.3 Å². The van der Waals surface area contributed by atoms with Crippen LogP contribution in [0.15, 0.2) is 0 Å². The van der Waals surface area contributed by atoms with Gasteiger partial charge in [-0.2, -0.15) is 0 Å². The monoisotopic (exact) mass is 229 g/mol. The van der Waals surface area contributed by atoms with Gasteiger partial charge in [-0.05, 0) is 17.8 Å². The van der Waals surface area contributed by atoms with E-state index in [1.165, 1.54) is 0 Å². The number of rotatable bonds is 8. The Morgan fingerprint density at radius 3 is 2.44 bits per heavy atom. The predicted octanol–water partition coefficient (Wildman–Crippen LogP) is 2.60. The van der Waals surface area contributed by atoms with Crippen molar-refractivity contribution < 1.29 is 9.53 Å². The Labute approximate surface area is 99.9 Å². The number of hydrogen-bond acceptors (Lipinski definition) is 2. The molecule has 3 heteroatoms. The van der Waals surface area contributed by atoms with Gasteiger partial charge in [0.25, 0.3) is 0 Å².